The number of fused-ring (bicyclic) bond motifs is 1. The van der Waals surface area contributed by atoms with Gasteiger partial charge in [-0.15, -0.1) is 0 Å². The van der Waals surface area contributed by atoms with Gasteiger partial charge in [-0.2, -0.15) is 0 Å². The topological polar surface area (TPSA) is 125 Å². The fourth-order valence-corrected chi connectivity index (χ4v) is 4.04. The Morgan fingerprint density at radius 3 is 2.85 bits per heavy atom. The van der Waals surface area contributed by atoms with E-state index in [4.69, 9.17) is 20.9 Å². The van der Waals surface area contributed by atoms with Crippen LogP contribution in [0.4, 0.5) is 22.9 Å². The van der Waals surface area contributed by atoms with E-state index in [0.29, 0.717) is 35.9 Å². The molecule has 1 fully saturated rings. The van der Waals surface area contributed by atoms with Gasteiger partial charge in [0.2, 0.25) is 0 Å². The first-order valence-corrected chi connectivity index (χ1v) is 10.7. The van der Waals surface area contributed by atoms with Gasteiger partial charge in [0, 0.05) is 59.5 Å². The molecule has 0 radical (unpaired) electrons. The molecule has 5 N–H and O–H groups in total. The molecule has 33 heavy (non-hydrogen) atoms. The normalized spacial score (nSPS) is 16.2. The van der Waals surface area contributed by atoms with E-state index in [1.807, 2.05) is 59.3 Å². The Kier molecular flexibility index (Phi) is 5.64. The minimum absolute atomic E-state index is 0.0353. The second-order valence-electron chi connectivity index (χ2n) is 7.90. The summed E-state index contributed by atoms with van der Waals surface area (Å²) in [6.07, 6.45) is 6.75. The second-order valence-corrected chi connectivity index (χ2v) is 7.90. The number of nitrogens with zero attached hydrogens (tertiary/aromatic N) is 4. The number of anilines is 4. The monoisotopic (exact) mass is 443 g/mol. The molecule has 0 saturated carbocycles. The number of morpholine rings is 1. The summed E-state index contributed by atoms with van der Waals surface area (Å²) < 4.78 is 7.39. The molecule has 0 bridgehead atoms. The van der Waals surface area contributed by atoms with E-state index in [0.717, 1.165) is 29.2 Å². The van der Waals surface area contributed by atoms with Gasteiger partial charge < -0.3 is 35.6 Å². The maximum Gasteiger partial charge on any atom is 0.180 e. The Balaban J connectivity index is 1.45. The van der Waals surface area contributed by atoms with Crippen LogP contribution >= 0.6 is 0 Å². The molecule has 1 aliphatic heterocycles. The maximum atomic E-state index is 9.65. The summed E-state index contributed by atoms with van der Waals surface area (Å²) in [5.41, 5.74) is 11.5. The number of imidazole rings is 1. The number of nitrogens with two attached hydrogens (primary N) is 1. The van der Waals surface area contributed by atoms with E-state index < -0.39 is 0 Å². The first-order chi connectivity index (χ1) is 16.2. The Morgan fingerprint density at radius 1 is 1.24 bits per heavy atom. The third-order valence-electron chi connectivity index (χ3n) is 5.81. The van der Waals surface area contributed by atoms with Crippen molar-refractivity contribution in [1.29, 1.82) is 5.41 Å². The third-order valence-corrected chi connectivity index (χ3v) is 5.81. The van der Waals surface area contributed by atoms with Crippen LogP contribution in [0.25, 0.3) is 16.9 Å². The van der Waals surface area contributed by atoms with Crippen LogP contribution in [0.5, 0.6) is 0 Å². The Labute approximate surface area is 191 Å². The van der Waals surface area contributed by atoms with Crippen LogP contribution in [0.15, 0.2) is 61.1 Å². The van der Waals surface area contributed by atoms with Gasteiger partial charge in [-0.1, -0.05) is 12.1 Å². The molecule has 0 amide bonds. The van der Waals surface area contributed by atoms with E-state index in [9.17, 15) is 5.11 Å². The molecule has 168 valence electrons. The predicted octanol–water partition coefficient (Wildman–Crippen LogP) is 2.92. The van der Waals surface area contributed by atoms with Crippen molar-refractivity contribution in [2.75, 3.05) is 42.3 Å². The number of benzene rings is 2. The summed E-state index contributed by atoms with van der Waals surface area (Å²) in [6.45, 7) is 1.98. The molecular formula is C24H25N7O2. The molecule has 2 aromatic heterocycles. The van der Waals surface area contributed by atoms with E-state index in [2.05, 4.69) is 15.2 Å². The van der Waals surface area contributed by atoms with Gasteiger partial charge in [0.1, 0.15) is 0 Å². The smallest absolute Gasteiger partial charge is 0.180 e. The molecule has 1 aliphatic rings. The standard InChI is InChI=1S/C24H25N7O2/c25-12-17-2-1-16(11-21(17)26)22-13-30-8-7-27-24(30)23(29-22)28-18-3-5-19(6-4-18)31-9-10-33-15-20(31)14-32/h1-8,11-13,20,25,32H,9-10,14-15,26H2,(H,28,29)/t20-/m1/s1. The van der Waals surface area contributed by atoms with Crippen molar-refractivity contribution < 1.29 is 9.84 Å². The van der Waals surface area contributed by atoms with Crippen LogP contribution in [0, 0.1) is 5.41 Å². The number of aliphatic hydroxyl groups is 1. The van der Waals surface area contributed by atoms with E-state index in [-0.39, 0.29) is 12.6 Å². The minimum Gasteiger partial charge on any atom is -0.398 e. The summed E-state index contributed by atoms with van der Waals surface area (Å²) >= 11 is 0. The van der Waals surface area contributed by atoms with Crippen LogP contribution in [0.2, 0.25) is 0 Å². The van der Waals surface area contributed by atoms with Crippen molar-refractivity contribution in [3.05, 3.63) is 66.6 Å². The summed E-state index contributed by atoms with van der Waals surface area (Å²) in [5, 5.41) is 20.5. The number of rotatable bonds is 6. The fraction of sp³-hybridized carbons (Fsp3) is 0.208. The SMILES string of the molecule is N=Cc1ccc(-c2cn3ccnc3c(Nc3ccc(N4CCOC[C@H]4CO)cc3)n2)cc1N. The summed E-state index contributed by atoms with van der Waals surface area (Å²) in [4.78, 5) is 11.4. The molecular weight excluding hydrogens is 418 g/mol. The van der Waals surface area contributed by atoms with Crippen molar-refractivity contribution >= 4 is 34.7 Å². The largest absolute Gasteiger partial charge is 0.398 e. The van der Waals surface area contributed by atoms with Crippen molar-refractivity contribution in [2.45, 2.75) is 6.04 Å². The van der Waals surface area contributed by atoms with Gasteiger partial charge in [-0.25, -0.2) is 9.97 Å². The number of aliphatic hydroxyl groups excluding tert-OH is 1. The molecule has 3 heterocycles. The predicted molar refractivity (Wildman–Crippen MR) is 129 cm³/mol. The molecule has 1 atom stereocenters. The zero-order valence-corrected chi connectivity index (χ0v) is 18.0. The number of aromatic nitrogens is 3. The lowest BCUT2D eigenvalue weighted by Gasteiger charge is -2.36. The van der Waals surface area contributed by atoms with Crippen LogP contribution < -0.4 is 16.0 Å². The third kappa shape index (κ3) is 4.11. The second kappa shape index (κ2) is 8.89. The lowest BCUT2D eigenvalue weighted by molar-refractivity contribution is 0.0727. The Hall–Kier alpha value is -3.95. The molecule has 0 spiro atoms. The number of hydrogen-bond acceptors (Lipinski definition) is 8. The quantitative estimate of drug-likeness (QED) is 0.267. The minimum atomic E-state index is -0.0353. The van der Waals surface area contributed by atoms with Gasteiger partial charge in [0.25, 0.3) is 0 Å². The van der Waals surface area contributed by atoms with Gasteiger partial charge in [-0.05, 0) is 30.3 Å². The molecule has 0 unspecified atom stereocenters. The zero-order valence-electron chi connectivity index (χ0n) is 18.0. The first-order valence-electron chi connectivity index (χ1n) is 10.7. The Bertz CT molecular complexity index is 1290. The highest BCUT2D eigenvalue weighted by Gasteiger charge is 2.22. The fourth-order valence-electron chi connectivity index (χ4n) is 4.04. The average Bonchev–Trinajstić information content (AvgIpc) is 3.33. The highest BCUT2D eigenvalue weighted by molar-refractivity contribution is 5.87. The van der Waals surface area contributed by atoms with Crippen molar-refractivity contribution in [3.8, 4) is 11.3 Å². The van der Waals surface area contributed by atoms with Crippen molar-refractivity contribution in [2.24, 2.45) is 0 Å². The van der Waals surface area contributed by atoms with Crippen molar-refractivity contribution in [1.82, 2.24) is 14.4 Å². The number of ether oxygens (including phenoxy) is 1. The van der Waals surface area contributed by atoms with Crippen molar-refractivity contribution in [3.63, 3.8) is 0 Å². The van der Waals surface area contributed by atoms with Gasteiger partial charge in [-0.3, -0.25) is 0 Å². The molecule has 9 nitrogen and oxygen atoms in total. The summed E-state index contributed by atoms with van der Waals surface area (Å²) in [7, 11) is 0. The number of hydrogen-bond donors (Lipinski definition) is 4. The van der Waals surface area contributed by atoms with E-state index >= 15 is 0 Å². The molecule has 1 saturated heterocycles. The molecule has 9 heteroatoms. The van der Waals surface area contributed by atoms with Crippen LogP contribution in [0.1, 0.15) is 5.56 Å². The van der Waals surface area contributed by atoms with Crippen LogP contribution in [0.3, 0.4) is 0 Å². The van der Waals surface area contributed by atoms with Crippen LogP contribution in [-0.4, -0.2) is 58.1 Å². The molecule has 5 rings (SSSR count). The molecule has 4 aromatic rings. The highest BCUT2D eigenvalue weighted by Crippen LogP contribution is 2.28. The van der Waals surface area contributed by atoms with Gasteiger partial charge in [0.15, 0.2) is 11.5 Å². The number of nitrogens with one attached hydrogen (secondary N) is 2. The summed E-state index contributed by atoms with van der Waals surface area (Å²) in [5.74, 6) is 0.625. The van der Waals surface area contributed by atoms with E-state index in [1.54, 1.807) is 6.20 Å². The average molecular weight is 444 g/mol. The van der Waals surface area contributed by atoms with E-state index in [1.165, 1.54) is 6.21 Å². The van der Waals surface area contributed by atoms with Gasteiger partial charge in [0.05, 0.1) is 31.6 Å². The number of nitrogen functional groups attached to an aromatic ring is 1. The highest BCUT2D eigenvalue weighted by atomic mass is 16.5. The summed E-state index contributed by atoms with van der Waals surface area (Å²) in [6, 6.07) is 13.5. The van der Waals surface area contributed by atoms with Crippen LogP contribution in [-0.2, 0) is 4.74 Å². The first kappa shape index (κ1) is 20.9. The molecule has 0 aliphatic carbocycles. The maximum absolute atomic E-state index is 9.65. The zero-order chi connectivity index (χ0) is 22.8. The molecule has 2 aromatic carbocycles. The Morgan fingerprint density at radius 2 is 2.09 bits per heavy atom. The lowest BCUT2D eigenvalue weighted by Crippen LogP contribution is -2.47. The lowest BCUT2D eigenvalue weighted by atomic mass is 10.1. The van der Waals surface area contributed by atoms with Gasteiger partial charge >= 0.3 is 0 Å².